The maximum Gasteiger partial charge on any atom is 0.106 e. The summed E-state index contributed by atoms with van der Waals surface area (Å²) < 4.78 is 0. The van der Waals surface area contributed by atoms with E-state index >= 15 is 0 Å². The van der Waals surface area contributed by atoms with E-state index in [1.807, 2.05) is 25.0 Å². The smallest absolute Gasteiger partial charge is 0.106 e. The van der Waals surface area contributed by atoms with Crippen LogP contribution >= 0.6 is 11.6 Å². The highest BCUT2D eigenvalue weighted by Crippen LogP contribution is 2.24. The Morgan fingerprint density at radius 3 is 2.08 bits per heavy atom. The molecule has 0 aromatic heterocycles. The van der Waals surface area contributed by atoms with Crippen molar-refractivity contribution in [1.29, 1.82) is 0 Å². The Hall–Kier alpha value is -0.820. The third-order valence-corrected chi connectivity index (χ3v) is 1.93. The zero-order valence-electron chi connectivity index (χ0n) is 8.30. The van der Waals surface area contributed by atoms with Gasteiger partial charge in [0.25, 0.3) is 0 Å². The fraction of sp³-hybridized carbons (Fsp3) is 0.364. The minimum absolute atomic E-state index is 0.199. The Kier molecular flexibility index (Phi) is 4.71. The molecule has 0 spiro atoms. The van der Waals surface area contributed by atoms with Gasteiger partial charge < -0.3 is 4.79 Å². The van der Waals surface area contributed by atoms with Crippen LogP contribution in [0.3, 0.4) is 0 Å². The van der Waals surface area contributed by atoms with Gasteiger partial charge in [-0.25, -0.2) is 0 Å². The molecule has 0 bridgehead atoms. The van der Waals surface area contributed by atoms with Crippen molar-refractivity contribution in [1.82, 2.24) is 0 Å². The lowest BCUT2D eigenvalue weighted by Gasteiger charge is -2.18. The summed E-state index contributed by atoms with van der Waals surface area (Å²) in [7, 11) is 0. The van der Waals surface area contributed by atoms with Gasteiger partial charge in [0, 0.05) is 5.02 Å². The van der Waals surface area contributed by atoms with E-state index in [-0.39, 0.29) is 5.41 Å². The topological polar surface area (TPSA) is 17.1 Å². The van der Waals surface area contributed by atoms with Gasteiger partial charge in [-0.3, -0.25) is 0 Å². The molecule has 13 heavy (non-hydrogen) atoms. The Morgan fingerprint density at radius 2 is 1.77 bits per heavy atom. The molecule has 0 aliphatic rings. The summed E-state index contributed by atoms with van der Waals surface area (Å²) in [6, 6.07) is 8.01. The summed E-state index contributed by atoms with van der Waals surface area (Å²) in [5.74, 6) is 0. The standard InChI is InChI=1S/C10H13Cl.CH2O/c1-10(2,3)8-5-4-6-9(11)7-8;1-2/h4-7H,1-3H3;1H2. The molecule has 0 saturated carbocycles. The van der Waals surface area contributed by atoms with Crippen molar-refractivity contribution < 1.29 is 4.79 Å². The van der Waals surface area contributed by atoms with E-state index in [4.69, 9.17) is 16.4 Å². The van der Waals surface area contributed by atoms with Crippen LogP contribution in [0.5, 0.6) is 0 Å². The fourth-order valence-electron chi connectivity index (χ4n) is 0.955. The first kappa shape index (κ1) is 12.2. The van der Waals surface area contributed by atoms with Crippen LogP contribution in [0.1, 0.15) is 26.3 Å². The molecule has 1 aromatic rings. The Bertz CT molecular complexity index is 263. The molecule has 0 heterocycles. The molecular formula is C11H15ClO. The molecule has 0 radical (unpaired) electrons. The average Bonchev–Trinajstić information content (AvgIpc) is 2.06. The van der Waals surface area contributed by atoms with Crippen LogP contribution in [0, 0.1) is 0 Å². The zero-order valence-corrected chi connectivity index (χ0v) is 9.06. The van der Waals surface area contributed by atoms with E-state index < -0.39 is 0 Å². The van der Waals surface area contributed by atoms with Gasteiger partial charge in [0.05, 0.1) is 0 Å². The molecule has 0 atom stereocenters. The molecule has 0 aliphatic heterocycles. The van der Waals surface area contributed by atoms with Gasteiger partial charge >= 0.3 is 0 Å². The summed E-state index contributed by atoms with van der Waals surface area (Å²) in [5, 5.41) is 0.817. The van der Waals surface area contributed by atoms with E-state index in [0.29, 0.717) is 0 Å². The van der Waals surface area contributed by atoms with E-state index in [0.717, 1.165) is 5.02 Å². The molecular weight excluding hydrogens is 184 g/mol. The van der Waals surface area contributed by atoms with E-state index in [1.54, 1.807) is 0 Å². The molecule has 1 nitrogen and oxygen atoms in total. The van der Waals surface area contributed by atoms with Gasteiger partial charge in [-0.2, -0.15) is 0 Å². The van der Waals surface area contributed by atoms with Crippen molar-refractivity contribution in [2.24, 2.45) is 0 Å². The Labute approximate surface area is 84.7 Å². The lowest BCUT2D eigenvalue weighted by atomic mass is 9.87. The second-order valence-corrected chi connectivity index (χ2v) is 4.20. The van der Waals surface area contributed by atoms with Gasteiger partial charge in [0.15, 0.2) is 0 Å². The van der Waals surface area contributed by atoms with Crippen LogP contribution in [-0.4, -0.2) is 6.79 Å². The number of carbonyl (C=O) groups is 1. The summed E-state index contributed by atoms with van der Waals surface area (Å²) in [6.07, 6.45) is 0. The molecule has 1 rings (SSSR count). The summed E-state index contributed by atoms with van der Waals surface area (Å²) in [6.45, 7) is 8.54. The number of carbonyl (C=O) groups excluding carboxylic acids is 1. The molecule has 1 aromatic carbocycles. The molecule has 0 saturated heterocycles. The van der Waals surface area contributed by atoms with Crippen molar-refractivity contribution in [3.05, 3.63) is 34.9 Å². The highest BCUT2D eigenvalue weighted by molar-refractivity contribution is 6.30. The Morgan fingerprint density at radius 1 is 1.23 bits per heavy atom. The van der Waals surface area contributed by atoms with Crippen molar-refractivity contribution >= 4 is 18.4 Å². The second kappa shape index (κ2) is 5.03. The highest BCUT2D eigenvalue weighted by Gasteiger charge is 2.12. The maximum atomic E-state index is 8.00. The van der Waals surface area contributed by atoms with Gasteiger partial charge in [0.2, 0.25) is 0 Å². The monoisotopic (exact) mass is 198 g/mol. The molecule has 0 unspecified atom stereocenters. The SMILES string of the molecule is C=O.CC(C)(C)c1cccc(Cl)c1. The van der Waals surface area contributed by atoms with Crippen LogP contribution in [0.2, 0.25) is 5.02 Å². The third kappa shape index (κ3) is 4.09. The number of hydrogen-bond donors (Lipinski definition) is 0. The Balaban J connectivity index is 0.000000671. The maximum absolute atomic E-state index is 8.00. The average molecular weight is 199 g/mol. The van der Waals surface area contributed by atoms with E-state index in [2.05, 4.69) is 26.8 Å². The lowest BCUT2D eigenvalue weighted by Crippen LogP contribution is -2.10. The van der Waals surface area contributed by atoms with Crippen molar-refractivity contribution in [2.45, 2.75) is 26.2 Å². The van der Waals surface area contributed by atoms with Crippen LogP contribution < -0.4 is 0 Å². The molecule has 0 aliphatic carbocycles. The van der Waals surface area contributed by atoms with E-state index in [9.17, 15) is 0 Å². The molecule has 0 N–H and O–H groups in total. The number of benzene rings is 1. The molecule has 2 heteroatoms. The third-order valence-electron chi connectivity index (χ3n) is 1.69. The molecule has 0 fully saturated rings. The second-order valence-electron chi connectivity index (χ2n) is 3.76. The lowest BCUT2D eigenvalue weighted by molar-refractivity contribution is -0.0979. The van der Waals surface area contributed by atoms with Gasteiger partial charge in [-0.15, -0.1) is 0 Å². The quantitative estimate of drug-likeness (QED) is 0.624. The first-order valence-electron chi connectivity index (χ1n) is 4.05. The van der Waals surface area contributed by atoms with Crippen LogP contribution in [0.15, 0.2) is 24.3 Å². The largest absolute Gasteiger partial charge is 0.307 e. The van der Waals surface area contributed by atoms with Crippen LogP contribution in [0.25, 0.3) is 0 Å². The number of rotatable bonds is 0. The molecule has 0 amide bonds. The highest BCUT2D eigenvalue weighted by atomic mass is 35.5. The van der Waals surface area contributed by atoms with E-state index in [1.165, 1.54) is 5.56 Å². The summed E-state index contributed by atoms with van der Waals surface area (Å²) in [5.41, 5.74) is 1.48. The number of hydrogen-bond acceptors (Lipinski definition) is 1. The van der Waals surface area contributed by atoms with Crippen LogP contribution in [-0.2, 0) is 10.2 Å². The minimum atomic E-state index is 0.199. The zero-order chi connectivity index (χ0) is 10.5. The van der Waals surface area contributed by atoms with Gasteiger partial charge in [-0.05, 0) is 23.1 Å². The molecule has 72 valence electrons. The fourth-order valence-corrected chi connectivity index (χ4v) is 1.15. The van der Waals surface area contributed by atoms with Crippen molar-refractivity contribution in [2.75, 3.05) is 0 Å². The first-order chi connectivity index (χ1) is 6.00. The van der Waals surface area contributed by atoms with Crippen molar-refractivity contribution in [3.63, 3.8) is 0 Å². The summed E-state index contributed by atoms with van der Waals surface area (Å²) in [4.78, 5) is 8.00. The minimum Gasteiger partial charge on any atom is -0.307 e. The van der Waals surface area contributed by atoms with Crippen molar-refractivity contribution in [3.8, 4) is 0 Å². The van der Waals surface area contributed by atoms with Gasteiger partial charge in [0.1, 0.15) is 6.79 Å². The van der Waals surface area contributed by atoms with Crippen LogP contribution in [0.4, 0.5) is 0 Å². The predicted octanol–water partition coefficient (Wildman–Crippen LogP) is 3.45. The van der Waals surface area contributed by atoms with Gasteiger partial charge in [-0.1, -0.05) is 44.5 Å². The first-order valence-corrected chi connectivity index (χ1v) is 4.43. The predicted molar refractivity (Wildman–Crippen MR) is 57.3 cm³/mol. The number of halogens is 1. The normalized spacial score (nSPS) is 10.2. The summed E-state index contributed by atoms with van der Waals surface area (Å²) >= 11 is 5.85.